The van der Waals surface area contributed by atoms with E-state index in [4.69, 9.17) is 4.74 Å². The van der Waals surface area contributed by atoms with E-state index in [1.54, 1.807) is 7.11 Å². The molecule has 1 atom stereocenters. The summed E-state index contributed by atoms with van der Waals surface area (Å²) >= 11 is 0. The summed E-state index contributed by atoms with van der Waals surface area (Å²) in [5, 5.41) is 3.33. The molecular formula is C8H19NO. The molecule has 0 spiro atoms. The molecule has 0 aromatic heterocycles. The second-order valence-electron chi connectivity index (χ2n) is 2.25. The van der Waals surface area contributed by atoms with Crippen LogP contribution in [0.5, 0.6) is 0 Å². The molecule has 2 heteroatoms. The van der Waals surface area contributed by atoms with Crippen LogP contribution in [0.3, 0.4) is 0 Å². The third kappa shape index (κ3) is 3.85. The third-order valence-electron chi connectivity index (χ3n) is 1.53. The van der Waals surface area contributed by atoms with Gasteiger partial charge in [-0.1, -0.05) is 13.8 Å². The molecule has 1 rings (SSSR count). The van der Waals surface area contributed by atoms with Gasteiger partial charge in [0, 0.05) is 13.2 Å². The van der Waals surface area contributed by atoms with Gasteiger partial charge in [-0.2, -0.15) is 0 Å². The van der Waals surface area contributed by atoms with Gasteiger partial charge in [-0.05, 0) is 19.4 Å². The van der Waals surface area contributed by atoms with E-state index in [1.165, 1.54) is 19.4 Å². The van der Waals surface area contributed by atoms with Crippen LogP contribution in [-0.2, 0) is 4.74 Å². The summed E-state index contributed by atoms with van der Waals surface area (Å²) < 4.78 is 4.96. The molecule has 1 aliphatic heterocycles. The van der Waals surface area contributed by atoms with Gasteiger partial charge in [0.15, 0.2) is 0 Å². The molecule has 0 amide bonds. The van der Waals surface area contributed by atoms with Crippen LogP contribution in [0.4, 0.5) is 0 Å². The maximum Gasteiger partial charge on any atom is 0.0615 e. The molecule has 0 aromatic carbocycles. The van der Waals surface area contributed by atoms with E-state index >= 15 is 0 Å². The van der Waals surface area contributed by atoms with Crippen LogP contribution in [0.25, 0.3) is 0 Å². The predicted octanol–water partition coefficient (Wildman–Crippen LogP) is 1.41. The molecule has 0 saturated carbocycles. The van der Waals surface area contributed by atoms with Crippen molar-refractivity contribution in [1.82, 2.24) is 5.32 Å². The summed E-state index contributed by atoms with van der Waals surface area (Å²) in [7, 11) is 1.75. The minimum absolute atomic E-state index is 0.639. The highest BCUT2D eigenvalue weighted by Crippen LogP contribution is 2.03. The van der Waals surface area contributed by atoms with Crippen molar-refractivity contribution in [2.75, 3.05) is 20.3 Å². The highest BCUT2D eigenvalue weighted by molar-refractivity contribution is 4.72. The molecule has 1 fully saturated rings. The zero-order valence-electron chi connectivity index (χ0n) is 7.31. The van der Waals surface area contributed by atoms with Crippen molar-refractivity contribution >= 4 is 0 Å². The first-order chi connectivity index (χ1) is 4.93. The molecule has 0 bridgehead atoms. The maximum absolute atomic E-state index is 4.96. The van der Waals surface area contributed by atoms with Crippen LogP contribution >= 0.6 is 0 Å². The SMILES string of the molecule is CC.COC[C@@H]1CCCN1. The van der Waals surface area contributed by atoms with E-state index in [0.29, 0.717) is 6.04 Å². The molecule has 0 unspecified atom stereocenters. The fourth-order valence-electron chi connectivity index (χ4n) is 1.10. The van der Waals surface area contributed by atoms with Crippen molar-refractivity contribution in [2.45, 2.75) is 32.7 Å². The topological polar surface area (TPSA) is 21.3 Å². The highest BCUT2D eigenvalue weighted by Gasteiger charge is 2.11. The number of methoxy groups -OCH3 is 1. The Morgan fingerprint density at radius 2 is 2.20 bits per heavy atom. The average Bonchev–Trinajstić information content (AvgIpc) is 2.46. The highest BCUT2D eigenvalue weighted by atomic mass is 16.5. The van der Waals surface area contributed by atoms with Crippen LogP contribution in [0.2, 0.25) is 0 Å². The Bertz CT molecular complexity index is 60.3. The van der Waals surface area contributed by atoms with E-state index in [0.717, 1.165) is 6.61 Å². The molecule has 0 radical (unpaired) electrons. The Kier molecular flexibility index (Phi) is 6.98. The summed E-state index contributed by atoms with van der Waals surface area (Å²) in [5.74, 6) is 0. The Labute approximate surface area is 64.0 Å². The van der Waals surface area contributed by atoms with Crippen LogP contribution < -0.4 is 5.32 Å². The molecular weight excluding hydrogens is 126 g/mol. The molecule has 1 saturated heterocycles. The lowest BCUT2D eigenvalue weighted by Crippen LogP contribution is -2.25. The standard InChI is InChI=1S/C6H13NO.C2H6/c1-8-5-6-3-2-4-7-6;1-2/h6-7H,2-5H2,1H3;1-2H3/t6-;/m0./s1. The largest absolute Gasteiger partial charge is 0.383 e. The Morgan fingerprint density at radius 1 is 1.50 bits per heavy atom. The van der Waals surface area contributed by atoms with Gasteiger partial charge in [0.25, 0.3) is 0 Å². The Morgan fingerprint density at radius 3 is 2.60 bits per heavy atom. The molecule has 1 N–H and O–H groups in total. The Balaban J connectivity index is 0.000000371. The van der Waals surface area contributed by atoms with Gasteiger partial charge < -0.3 is 10.1 Å². The Hall–Kier alpha value is -0.0800. The first kappa shape index (κ1) is 9.92. The molecule has 1 aliphatic rings. The van der Waals surface area contributed by atoms with Gasteiger partial charge in [-0.3, -0.25) is 0 Å². The molecule has 0 aromatic rings. The molecule has 1 heterocycles. The molecule has 2 nitrogen and oxygen atoms in total. The quantitative estimate of drug-likeness (QED) is 0.634. The zero-order valence-corrected chi connectivity index (χ0v) is 7.31. The van der Waals surface area contributed by atoms with Crippen molar-refractivity contribution < 1.29 is 4.74 Å². The number of rotatable bonds is 2. The summed E-state index contributed by atoms with van der Waals surface area (Å²) in [5.41, 5.74) is 0. The molecule has 62 valence electrons. The van der Waals surface area contributed by atoms with Crippen molar-refractivity contribution in [3.8, 4) is 0 Å². The van der Waals surface area contributed by atoms with Crippen LogP contribution in [0.1, 0.15) is 26.7 Å². The lowest BCUT2D eigenvalue weighted by Gasteiger charge is -2.05. The van der Waals surface area contributed by atoms with Gasteiger partial charge in [-0.25, -0.2) is 0 Å². The van der Waals surface area contributed by atoms with Crippen molar-refractivity contribution in [1.29, 1.82) is 0 Å². The number of nitrogens with one attached hydrogen (secondary N) is 1. The van der Waals surface area contributed by atoms with Crippen molar-refractivity contribution in [3.63, 3.8) is 0 Å². The number of ether oxygens (including phenoxy) is 1. The second kappa shape index (κ2) is 7.03. The lowest BCUT2D eigenvalue weighted by atomic mass is 10.2. The first-order valence-electron chi connectivity index (χ1n) is 4.16. The molecule has 0 aliphatic carbocycles. The van der Waals surface area contributed by atoms with Gasteiger partial charge in [0.2, 0.25) is 0 Å². The summed E-state index contributed by atoms with van der Waals surface area (Å²) in [4.78, 5) is 0. The normalized spacial score (nSPS) is 23.7. The summed E-state index contributed by atoms with van der Waals surface area (Å²) in [6.07, 6.45) is 2.60. The van der Waals surface area contributed by atoms with Crippen LogP contribution in [0, 0.1) is 0 Å². The fraction of sp³-hybridized carbons (Fsp3) is 1.00. The summed E-state index contributed by atoms with van der Waals surface area (Å²) in [6.45, 7) is 6.05. The zero-order chi connectivity index (χ0) is 7.82. The van der Waals surface area contributed by atoms with E-state index in [-0.39, 0.29) is 0 Å². The van der Waals surface area contributed by atoms with Crippen LogP contribution in [0.15, 0.2) is 0 Å². The summed E-state index contributed by atoms with van der Waals surface area (Å²) in [6, 6.07) is 0.639. The van der Waals surface area contributed by atoms with E-state index in [2.05, 4.69) is 5.32 Å². The smallest absolute Gasteiger partial charge is 0.0615 e. The monoisotopic (exact) mass is 145 g/mol. The lowest BCUT2D eigenvalue weighted by molar-refractivity contribution is 0.173. The number of hydrogen-bond donors (Lipinski definition) is 1. The van der Waals surface area contributed by atoms with Crippen molar-refractivity contribution in [2.24, 2.45) is 0 Å². The van der Waals surface area contributed by atoms with E-state index < -0.39 is 0 Å². The maximum atomic E-state index is 4.96. The predicted molar refractivity (Wildman–Crippen MR) is 44.2 cm³/mol. The minimum Gasteiger partial charge on any atom is -0.383 e. The van der Waals surface area contributed by atoms with E-state index in [1.807, 2.05) is 13.8 Å². The third-order valence-corrected chi connectivity index (χ3v) is 1.53. The van der Waals surface area contributed by atoms with Crippen molar-refractivity contribution in [3.05, 3.63) is 0 Å². The first-order valence-corrected chi connectivity index (χ1v) is 4.16. The average molecular weight is 145 g/mol. The fourth-order valence-corrected chi connectivity index (χ4v) is 1.10. The number of hydrogen-bond acceptors (Lipinski definition) is 2. The minimum atomic E-state index is 0.639. The van der Waals surface area contributed by atoms with Gasteiger partial charge in [0.05, 0.1) is 6.61 Å². The molecule has 10 heavy (non-hydrogen) atoms. The van der Waals surface area contributed by atoms with Gasteiger partial charge in [0.1, 0.15) is 0 Å². The van der Waals surface area contributed by atoms with Crippen LogP contribution in [-0.4, -0.2) is 26.3 Å². The van der Waals surface area contributed by atoms with E-state index in [9.17, 15) is 0 Å². The van der Waals surface area contributed by atoms with Gasteiger partial charge >= 0.3 is 0 Å². The van der Waals surface area contributed by atoms with Gasteiger partial charge in [-0.15, -0.1) is 0 Å². The second-order valence-corrected chi connectivity index (χ2v) is 2.25.